The molecule has 0 aliphatic carbocycles. The van der Waals surface area contributed by atoms with Gasteiger partial charge < -0.3 is 10.6 Å². The molecule has 2 rings (SSSR count). The van der Waals surface area contributed by atoms with Crippen LogP contribution in [-0.2, 0) is 11.3 Å². The smallest absolute Gasteiger partial charge is 0.221 e. The fourth-order valence-electron chi connectivity index (χ4n) is 1.77. The second-order valence-corrected chi connectivity index (χ2v) is 5.33. The molecular weight excluding hydrogens is 342 g/mol. The van der Waals surface area contributed by atoms with Crippen LogP contribution in [-0.4, -0.2) is 5.91 Å². The number of anilines is 2. The van der Waals surface area contributed by atoms with Crippen molar-refractivity contribution < 1.29 is 13.6 Å². The van der Waals surface area contributed by atoms with Crippen LogP contribution in [0.5, 0.6) is 0 Å². The van der Waals surface area contributed by atoms with Crippen LogP contribution in [0.4, 0.5) is 20.2 Å². The van der Waals surface area contributed by atoms with Gasteiger partial charge in [-0.05, 0) is 51.8 Å². The highest BCUT2D eigenvalue weighted by molar-refractivity contribution is 9.10. The Hall–Kier alpha value is -1.95. The quantitative estimate of drug-likeness (QED) is 0.859. The second kappa shape index (κ2) is 6.67. The molecule has 0 fully saturated rings. The molecule has 0 bridgehead atoms. The largest absolute Gasteiger partial charge is 0.381 e. The summed E-state index contributed by atoms with van der Waals surface area (Å²) < 4.78 is 27.3. The van der Waals surface area contributed by atoms with E-state index in [1.807, 2.05) is 0 Å². The molecule has 0 saturated heterocycles. The van der Waals surface area contributed by atoms with Gasteiger partial charge in [0.05, 0.1) is 10.2 Å². The van der Waals surface area contributed by atoms with E-state index >= 15 is 0 Å². The first-order valence-corrected chi connectivity index (χ1v) is 7.00. The maximum atomic E-state index is 13.5. The van der Waals surface area contributed by atoms with E-state index < -0.39 is 5.82 Å². The molecule has 0 aliphatic heterocycles. The first-order valence-electron chi connectivity index (χ1n) is 6.20. The van der Waals surface area contributed by atoms with Gasteiger partial charge in [0.1, 0.15) is 11.6 Å². The molecule has 3 nitrogen and oxygen atoms in total. The fourth-order valence-corrected chi connectivity index (χ4v) is 2.02. The molecule has 21 heavy (non-hydrogen) atoms. The number of carbonyl (C=O) groups is 1. The molecule has 0 unspecified atom stereocenters. The van der Waals surface area contributed by atoms with Crippen LogP contribution >= 0.6 is 15.9 Å². The molecule has 0 atom stereocenters. The predicted molar refractivity (Wildman–Crippen MR) is 82.1 cm³/mol. The SMILES string of the molecule is CC(=O)Nc1cc(NCc2ccc(Br)c(F)c2)ccc1F. The number of benzene rings is 2. The van der Waals surface area contributed by atoms with Crippen molar-refractivity contribution >= 4 is 33.2 Å². The lowest BCUT2D eigenvalue weighted by Gasteiger charge is -2.10. The first-order chi connectivity index (χ1) is 9.95. The maximum absolute atomic E-state index is 13.5. The highest BCUT2D eigenvalue weighted by Crippen LogP contribution is 2.21. The number of carbonyl (C=O) groups excluding carboxylic acids is 1. The van der Waals surface area contributed by atoms with E-state index in [2.05, 4.69) is 26.6 Å². The molecule has 0 spiro atoms. The summed E-state index contributed by atoms with van der Waals surface area (Å²) in [5.74, 6) is -1.20. The Balaban J connectivity index is 2.09. The Bertz CT molecular complexity index is 677. The van der Waals surface area contributed by atoms with Gasteiger partial charge in [-0.1, -0.05) is 6.07 Å². The van der Waals surface area contributed by atoms with E-state index in [4.69, 9.17) is 0 Å². The van der Waals surface area contributed by atoms with Crippen molar-refractivity contribution in [1.29, 1.82) is 0 Å². The van der Waals surface area contributed by atoms with Gasteiger partial charge in [0, 0.05) is 19.2 Å². The van der Waals surface area contributed by atoms with Crippen LogP contribution in [0, 0.1) is 11.6 Å². The zero-order valence-corrected chi connectivity index (χ0v) is 12.8. The Kier molecular flexibility index (Phi) is 4.90. The van der Waals surface area contributed by atoms with Crippen molar-refractivity contribution in [2.45, 2.75) is 13.5 Å². The first kappa shape index (κ1) is 15.4. The zero-order valence-electron chi connectivity index (χ0n) is 11.2. The maximum Gasteiger partial charge on any atom is 0.221 e. The van der Waals surface area contributed by atoms with Crippen LogP contribution in [0.15, 0.2) is 40.9 Å². The van der Waals surface area contributed by atoms with Gasteiger partial charge >= 0.3 is 0 Å². The number of rotatable bonds is 4. The van der Waals surface area contributed by atoms with Crippen molar-refractivity contribution in [2.24, 2.45) is 0 Å². The zero-order chi connectivity index (χ0) is 15.4. The highest BCUT2D eigenvalue weighted by Gasteiger charge is 2.06. The molecule has 2 N–H and O–H groups in total. The van der Waals surface area contributed by atoms with Gasteiger partial charge in [0.15, 0.2) is 0 Å². The monoisotopic (exact) mass is 354 g/mol. The van der Waals surface area contributed by atoms with E-state index in [0.29, 0.717) is 16.7 Å². The molecule has 0 aromatic heterocycles. The van der Waals surface area contributed by atoms with E-state index in [1.54, 1.807) is 18.2 Å². The van der Waals surface area contributed by atoms with Crippen LogP contribution in [0.3, 0.4) is 0 Å². The third-order valence-corrected chi connectivity index (χ3v) is 3.40. The van der Waals surface area contributed by atoms with Crippen molar-refractivity contribution in [3.05, 3.63) is 58.1 Å². The van der Waals surface area contributed by atoms with Crippen LogP contribution in [0.25, 0.3) is 0 Å². The Morgan fingerprint density at radius 2 is 1.90 bits per heavy atom. The summed E-state index contributed by atoms with van der Waals surface area (Å²) in [6.45, 7) is 1.69. The molecule has 6 heteroatoms. The summed E-state index contributed by atoms with van der Waals surface area (Å²) in [5.41, 5.74) is 1.49. The molecule has 0 heterocycles. The summed E-state index contributed by atoms with van der Waals surface area (Å²) in [4.78, 5) is 11.0. The minimum absolute atomic E-state index is 0.106. The molecule has 0 aliphatic rings. The van der Waals surface area contributed by atoms with Crippen LogP contribution in [0.1, 0.15) is 12.5 Å². The standard InChI is InChI=1S/C15H13BrF2N2O/c1-9(21)20-15-7-11(3-5-13(15)17)19-8-10-2-4-12(16)14(18)6-10/h2-7,19H,8H2,1H3,(H,20,21). The predicted octanol–water partition coefficient (Wildman–Crippen LogP) is 4.30. The van der Waals surface area contributed by atoms with Gasteiger partial charge in [-0.25, -0.2) is 8.78 Å². The summed E-state index contributed by atoms with van der Waals surface area (Å²) >= 11 is 3.09. The summed E-state index contributed by atoms with van der Waals surface area (Å²) in [7, 11) is 0. The van der Waals surface area contributed by atoms with Gasteiger partial charge in [0.2, 0.25) is 5.91 Å². The highest BCUT2D eigenvalue weighted by atomic mass is 79.9. The normalized spacial score (nSPS) is 10.3. The van der Waals surface area contributed by atoms with Crippen molar-refractivity contribution in [1.82, 2.24) is 0 Å². The van der Waals surface area contributed by atoms with Crippen LogP contribution in [0.2, 0.25) is 0 Å². The lowest BCUT2D eigenvalue weighted by Crippen LogP contribution is -2.08. The topological polar surface area (TPSA) is 41.1 Å². The molecule has 0 radical (unpaired) electrons. The molecule has 0 saturated carbocycles. The second-order valence-electron chi connectivity index (χ2n) is 4.48. The van der Waals surface area contributed by atoms with E-state index in [9.17, 15) is 13.6 Å². The number of halogens is 3. The average molecular weight is 355 g/mol. The molecule has 1 amide bonds. The minimum atomic E-state index is -0.509. The molecule has 2 aromatic carbocycles. The Morgan fingerprint density at radius 3 is 2.57 bits per heavy atom. The van der Waals surface area contributed by atoms with Crippen molar-refractivity contribution in [2.75, 3.05) is 10.6 Å². The fraction of sp³-hybridized carbons (Fsp3) is 0.133. The van der Waals surface area contributed by atoms with E-state index in [1.165, 1.54) is 25.1 Å². The lowest BCUT2D eigenvalue weighted by molar-refractivity contribution is -0.114. The van der Waals surface area contributed by atoms with Crippen molar-refractivity contribution in [3.63, 3.8) is 0 Å². The van der Waals surface area contributed by atoms with Crippen LogP contribution < -0.4 is 10.6 Å². The number of nitrogens with one attached hydrogen (secondary N) is 2. The average Bonchev–Trinajstić information content (AvgIpc) is 2.43. The summed E-state index contributed by atoms with van der Waals surface area (Å²) in [5, 5.41) is 5.46. The Morgan fingerprint density at radius 1 is 1.14 bits per heavy atom. The third kappa shape index (κ3) is 4.26. The summed E-state index contributed by atoms with van der Waals surface area (Å²) in [6, 6.07) is 9.12. The van der Waals surface area contributed by atoms with E-state index in [-0.39, 0.29) is 17.4 Å². The van der Waals surface area contributed by atoms with Gasteiger partial charge in [-0.15, -0.1) is 0 Å². The number of hydrogen-bond acceptors (Lipinski definition) is 2. The lowest BCUT2D eigenvalue weighted by atomic mass is 10.2. The number of amides is 1. The molecule has 2 aromatic rings. The minimum Gasteiger partial charge on any atom is -0.381 e. The number of hydrogen-bond donors (Lipinski definition) is 2. The van der Waals surface area contributed by atoms with Gasteiger partial charge in [0.25, 0.3) is 0 Å². The summed E-state index contributed by atoms with van der Waals surface area (Å²) in [6.07, 6.45) is 0. The van der Waals surface area contributed by atoms with Gasteiger partial charge in [-0.3, -0.25) is 4.79 Å². The van der Waals surface area contributed by atoms with Crippen molar-refractivity contribution in [3.8, 4) is 0 Å². The van der Waals surface area contributed by atoms with E-state index in [0.717, 1.165) is 5.56 Å². The molecular formula is C15H13BrF2N2O. The molecule has 110 valence electrons. The van der Waals surface area contributed by atoms with Gasteiger partial charge in [-0.2, -0.15) is 0 Å². The third-order valence-electron chi connectivity index (χ3n) is 2.76. The Labute approximate surface area is 129 Å².